The van der Waals surface area contributed by atoms with Crippen molar-refractivity contribution < 1.29 is 13.2 Å². The van der Waals surface area contributed by atoms with Crippen LogP contribution in [0.1, 0.15) is 24.6 Å². The van der Waals surface area contributed by atoms with Gasteiger partial charge in [-0.3, -0.25) is 0 Å². The third kappa shape index (κ3) is 2.82. The number of fused-ring (bicyclic) bond motifs is 1. The Hall–Kier alpha value is -1.49. The van der Waals surface area contributed by atoms with Crippen molar-refractivity contribution in [2.45, 2.75) is 26.4 Å². The molecule has 2 rings (SSSR count). The molecule has 6 heteroatoms. The van der Waals surface area contributed by atoms with Crippen LogP contribution < -0.4 is 5.32 Å². The van der Waals surface area contributed by atoms with Crippen LogP contribution in [0.4, 0.5) is 18.9 Å². The van der Waals surface area contributed by atoms with Crippen LogP contribution in [-0.2, 0) is 6.18 Å². The van der Waals surface area contributed by atoms with Crippen LogP contribution in [0, 0.1) is 6.92 Å². The van der Waals surface area contributed by atoms with E-state index in [-0.39, 0.29) is 5.52 Å². The molecule has 0 unspecified atom stereocenters. The Labute approximate surface area is 120 Å². The number of anilines is 1. The first-order valence-corrected chi connectivity index (χ1v) is 6.63. The summed E-state index contributed by atoms with van der Waals surface area (Å²) in [6, 6.07) is 4.41. The minimum absolute atomic E-state index is 0.283. The lowest BCUT2D eigenvalue weighted by Gasteiger charge is -2.14. The molecule has 1 heterocycles. The highest BCUT2D eigenvalue weighted by Crippen LogP contribution is 2.35. The molecule has 2 aromatic rings. The molecular weight excluding hydrogens is 289 g/mol. The molecule has 0 atom stereocenters. The quantitative estimate of drug-likeness (QED) is 0.859. The Morgan fingerprint density at radius 2 is 2.00 bits per heavy atom. The molecule has 0 radical (unpaired) electrons. The molecule has 0 aliphatic heterocycles. The highest BCUT2D eigenvalue weighted by Gasteiger charge is 2.33. The van der Waals surface area contributed by atoms with Gasteiger partial charge >= 0.3 is 6.18 Å². The van der Waals surface area contributed by atoms with E-state index in [1.807, 2.05) is 6.92 Å². The number of hydrogen-bond acceptors (Lipinski definition) is 2. The summed E-state index contributed by atoms with van der Waals surface area (Å²) in [4.78, 5) is 3.73. The molecule has 2 nitrogen and oxygen atoms in total. The minimum atomic E-state index is -4.48. The lowest BCUT2D eigenvalue weighted by Crippen LogP contribution is -2.10. The van der Waals surface area contributed by atoms with Crippen LogP contribution >= 0.6 is 11.6 Å². The maximum Gasteiger partial charge on any atom is 0.433 e. The molecule has 108 valence electrons. The van der Waals surface area contributed by atoms with Crippen LogP contribution in [0.5, 0.6) is 0 Å². The van der Waals surface area contributed by atoms with Gasteiger partial charge in [-0.15, -0.1) is 0 Å². The molecule has 0 aliphatic carbocycles. The number of pyridine rings is 1. The summed E-state index contributed by atoms with van der Waals surface area (Å²) >= 11 is 5.97. The van der Waals surface area contributed by atoms with Crippen molar-refractivity contribution in [1.29, 1.82) is 0 Å². The molecule has 0 amide bonds. The third-order valence-electron chi connectivity index (χ3n) is 3.02. The number of nitrogens with one attached hydrogen (secondary N) is 1. The molecule has 1 aromatic heterocycles. The number of benzene rings is 1. The number of alkyl halides is 3. The minimum Gasteiger partial charge on any atom is -0.384 e. The Morgan fingerprint density at radius 3 is 2.60 bits per heavy atom. The summed E-state index contributed by atoms with van der Waals surface area (Å²) in [5.74, 6) is 0. The second kappa shape index (κ2) is 5.48. The van der Waals surface area contributed by atoms with Gasteiger partial charge in [-0.05, 0) is 37.1 Å². The van der Waals surface area contributed by atoms with E-state index in [2.05, 4.69) is 10.3 Å². The van der Waals surface area contributed by atoms with Crippen LogP contribution in [0.25, 0.3) is 10.9 Å². The van der Waals surface area contributed by atoms with E-state index in [4.69, 9.17) is 11.6 Å². The fourth-order valence-electron chi connectivity index (χ4n) is 1.96. The Kier molecular flexibility index (Phi) is 4.09. The lowest BCUT2D eigenvalue weighted by atomic mass is 10.1. The number of hydrogen-bond donors (Lipinski definition) is 1. The van der Waals surface area contributed by atoms with Crippen LogP contribution in [0.3, 0.4) is 0 Å². The van der Waals surface area contributed by atoms with Crippen molar-refractivity contribution >= 4 is 28.2 Å². The van der Waals surface area contributed by atoms with Crippen molar-refractivity contribution in [3.63, 3.8) is 0 Å². The Balaban J connectivity index is 2.71. The van der Waals surface area contributed by atoms with Crippen molar-refractivity contribution in [2.24, 2.45) is 0 Å². The molecule has 0 aliphatic rings. The largest absolute Gasteiger partial charge is 0.433 e. The van der Waals surface area contributed by atoms with Gasteiger partial charge in [0.1, 0.15) is 5.69 Å². The standard InChI is InChI=1S/C14H14ClF3N2/c1-3-6-19-11-7-12(14(16,17)18)20-13-8(2)10(15)5-4-9(11)13/h4-5,7H,3,6H2,1-2H3,(H,19,20). The molecule has 0 spiro atoms. The van der Waals surface area contributed by atoms with Gasteiger partial charge < -0.3 is 5.32 Å². The average Bonchev–Trinajstić information content (AvgIpc) is 2.39. The molecule has 20 heavy (non-hydrogen) atoms. The van der Waals surface area contributed by atoms with E-state index in [9.17, 15) is 13.2 Å². The number of halogens is 4. The van der Waals surface area contributed by atoms with Crippen LogP contribution in [0.2, 0.25) is 5.02 Å². The number of aryl methyl sites for hydroxylation is 1. The number of rotatable bonds is 3. The molecule has 0 saturated carbocycles. The van der Waals surface area contributed by atoms with Crippen molar-refractivity contribution in [3.05, 3.63) is 34.5 Å². The SMILES string of the molecule is CCCNc1cc(C(F)(F)F)nc2c(C)c(Cl)ccc12. The predicted molar refractivity (Wildman–Crippen MR) is 75.3 cm³/mol. The van der Waals surface area contributed by atoms with E-state index in [0.29, 0.717) is 28.2 Å². The fourth-order valence-corrected chi connectivity index (χ4v) is 2.11. The zero-order valence-corrected chi connectivity index (χ0v) is 11.9. The van der Waals surface area contributed by atoms with Gasteiger partial charge in [-0.25, -0.2) is 4.98 Å². The van der Waals surface area contributed by atoms with Crippen LogP contribution in [0.15, 0.2) is 18.2 Å². The zero-order chi connectivity index (χ0) is 14.9. The predicted octanol–water partition coefficient (Wildman–Crippen LogP) is 5.04. The first-order valence-electron chi connectivity index (χ1n) is 6.25. The van der Waals surface area contributed by atoms with E-state index in [1.54, 1.807) is 19.1 Å². The first kappa shape index (κ1) is 14.9. The van der Waals surface area contributed by atoms with Gasteiger partial charge in [0.15, 0.2) is 0 Å². The van der Waals surface area contributed by atoms with E-state index >= 15 is 0 Å². The van der Waals surface area contributed by atoms with Gasteiger partial charge in [0, 0.05) is 22.6 Å². The molecule has 0 bridgehead atoms. The smallest absolute Gasteiger partial charge is 0.384 e. The van der Waals surface area contributed by atoms with Gasteiger partial charge in [0.25, 0.3) is 0 Å². The van der Waals surface area contributed by atoms with Gasteiger partial charge in [0.05, 0.1) is 5.52 Å². The normalized spacial score (nSPS) is 11.9. The number of nitrogens with zero attached hydrogens (tertiary/aromatic N) is 1. The summed E-state index contributed by atoms with van der Waals surface area (Å²) in [6.07, 6.45) is -3.66. The second-order valence-electron chi connectivity index (χ2n) is 4.55. The monoisotopic (exact) mass is 302 g/mol. The van der Waals surface area contributed by atoms with E-state index in [0.717, 1.165) is 12.5 Å². The van der Waals surface area contributed by atoms with Crippen molar-refractivity contribution in [1.82, 2.24) is 4.98 Å². The third-order valence-corrected chi connectivity index (χ3v) is 3.43. The highest BCUT2D eigenvalue weighted by atomic mass is 35.5. The maximum absolute atomic E-state index is 12.9. The van der Waals surface area contributed by atoms with Crippen molar-refractivity contribution in [3.8, 4) is 0 Å². The summed E-state index contributed by atoms with van der Waals surface area (Å²) in [6.45, 7) is 4.21. The molecule has 0 saturated heterocycles. The topological polar surface area (TPSA) is 24.9 Å². The number of aromatic nitrogens is 1. The molecule has 1 aromatic carbocycles. The Morgan fingerprint density at radius 1 is 1.30 bits per heavy atom. The maximum atomic E-state index is 12.9. The summed E-state index contributed by atoms with van der Waals surface area (Å²) in [5, 5.41) is 4.07. The van der Waals surface area contributed by atoms with Crippen molar-refractivity contribution in [2.75, 3.05) is 11.9 Å². The van der Waals surface area contributed by atoms with Gasteiger partial charge in [-0.2, -0.15) is 13.2 Å². The lowest BCUT2D eigenvalue weighted by molar-refractivity contribution is -0.140. The second-order valence-corrected chi connectivity index (χ2v) is 4.96. The summed E-state index contributed by atoms with van der Waals surface area (Å²) in [5.41, 5.74) is 0.360. The Bertz CT molecular complexity index is 638. The van der Waals surface area contributed by atoms with E-state index < -0.39 is 11.9 Å². The molecule has 0 fully saturated rings. The molecular formula is C14H14ClF3N2. The van der Waals surface area contributed by atoms with Crippen LogP contribution in [-0.4, -0.2) is 11.5 Å². The van der Waals surface area contributed by atoms with E-state index in [1.165, 1.54) is 0 Å². The summed E-state index contributed by atoms with van der Waals surface area (Å²) < 4.78 is 38.8. The first-order chi connectivity index (χ1) is 9.34. The van der Waals surface area contributed by atoms with Gasteiger partial charge in [-0.1, -0.05) is 18.5 Å². The fraction of sp³-hybridized carbons (Fsp3) is 0.357. The zero-order valence-electron chi connectivity index (χ0n) is 11.1. The average molecular weight is 303 g/mol. The summed E-state index contributed by atoms with van der Waals surface area (Å²) in [7, 11) is 0. The highest BCUT2D eigenvalue weighted by molar-refractivity contribution is 6.32. The van der Waals surface area contributed by atoms with Gasteiger partial charge in [0.2, 0.25) is 0 Å². The molecule has 1 N–H and O–H groups in total.